The maximum absolute atomic E-state index is 11.8. The molecule has 6 heteroatoms. The molecule has 0 aliphatic heterocycles. The summed E-state index contributed by atoms with van der Waals surface area (Å²) in [5.41, 5.74) is 0.903. The molecule has 0 saturated carbocycles. The molecule has 0 radical (unpaired) electrons. The summed E-state index contributed by atoms with van der Waals surface area (Å²) in [6, 6.07) is 0. The monoisotopic (exact) mass is 339 g/mol. The predicted octanol–water partition coefficient (Wildman–Crippen LogP) is 2.56. The van der Waals surface area contributed by atoms with Crippen molar-refractivity contribution in [3.8, 4) is 0 Å². The van der Waals surface area contributed by atoms with E-state index in [1.165, 1.54) is 11.3 Å². The minimum absolute atomic E-state index is 0.0360. The molecule has 1 aromatic rings. The highest BCUT2D eigenvalue weighted by molar-refractivity contribution is 14.1. The average Bonchev–Trinajstić information content (AvgIpc) is 2.60. The second-order valence-electron chi connectivity index (χ2n) is 3.34. The second kappa shape index (κ2) is 5.64. The van der Waals surface area contributed by atoms with Crippen molar-refractivity contribution in [2.45, 2.75) is 19.8 Å². The van der Waals surface area contributed by atoms with Gasteiger partial charge in [-0.3, -0.25) is 4.79 Å². The number of carbonyl (C=O) groups is 1. The van der Waals surface area contributed by atoms with Crippen LogP contribution in [0, 0.1) is 0 Å². The number of aryl methyl sites for hydroxylation is 1. The molecule has 0 atom stereocenters. The molecule has 0 spiro atoms. The SMILES string of the molecule is CCCc1nc(NI)sc1C(=O)N(C)C. The molecule has 0 saturated heterocycles. The maximum Gasteiger partial charge on any atom is 0.265 e. The summed E-state index contributed by atoms with van der Waals surface area (Å²) in [5.74, 6) is 0.0360. The number of hydrogen-bond acceptors (Lipinski definition) is 4. The number of aromatic nitrogens is 1. The summed E-state index contributed by atoms with van der Waals surface area (Å²) >= 11 is 3.44. The summed E-state index contributed by atoms with van der Waals surface area (Å²) in [6.07, 6.45) is 1.85. The summed E-state index contributed by atoms with van der Waals surface area (Å²) in [5, 5.41) is 0.796. The van der Waals surface area contributed by atoms with Crippen molar-refractivity contribution in [1.82, 2.24) is 9.88 Å². The molecule has 0 unspecified atom stereocenters. The van der Waals surface area contributed by atoms with E-state index in [1.807, 2.05) is 22.9 Å². The first kappa shape index (κ1) is 12.7. The van der Waals surface area contributed by atoms with Crippen molar-refractivity contribution in [3.05, 3.63) is 10.6 Å². The molecule has 0 fully saturated rings. The van der Waals surface area contributed by atoms with E-state index in [1.54, 1.807) is 19.0 Å². The quantitative estimate of drug-likeness (QED) is 0.677. The van der Waals surface area contributed by atoms with E-state index in [0.29, 0.717) is 0 Å². The number of carbonyl (C=O) groups excluding carboxylic acids is 1. The van der Waals surface area contributed by atoms with Gasteiger partial charge in [0.15, 0.2) is 5.13 Å². The van der Waals surface area contributed by atoms with Gasteiger partial charge in [0.25, 0.3) is 5.91 Å². The molecule has 0 aliphatic carbocycles. The van der Waals surface area contributed by atoms with Crippen LogP contribution in [0.1, 0.15) is 28.7 Å². The fourth-order valence-corrected chi connectivity index (χ4v) is 2.54. The van der Waals surface area contributed by atoms with Gasteiger partial charge in [0.2, 0.25) is 0 Å². The Morgan fingerprint density at radius 3 is 2.73 bits per heavy atom. The third kappa shape index (κ3) is 3.04. The smallest absolute Gasteiger partial charge is 0.265 e. The molecule has 0 bridgehead atoms. The van der Waals surface area contributed by atoms with E-state index in [0.717, 1.165) is 28.5 Å². The lowest BCUT2D eigenvalue weighted by atomic mass is 10.2. The van der Waals surface area contributed by atoms with Crippen molar-refractivity contribution in [2.24, 2.45) is 0 Å². The second-order valence-corrected chi connectivity index (χ2v) is 4.88. The summed E-state index contributed by atoms with van der Waals surface area (Å²) in [4.78, 5) is 18.5. The van der Waals surface area contributed by atoms with Gasteiger partial charge >= 0.3 is 0 Å². The van der Waals surface area contributed by atoms with Crippen LogP contribution in [0.25, 0.3) is 0 Å². The van der Waals surface area contributed by atoms with Gasteiger partial charge in [0, 0.05) is 14.1 Å². The highest BCUT2D eigenvalue weighted by Gasteiger charge is 2.18. The van der Waals surface area contributed by atoms with Crippen molar-refractivity contribution in [2.75, 3.05) is 17.6 Å². The first-order valence-electron chi connectivity index (χ1n) is 4.68. The standard InChI is InChI=1S/C9H14IN3OS/c1-4-5-6-7(8(14)13(2)3)15-9(11-6)12-10/h4-5H2,1-3H3,(H,11,12). The van der Waals surface area contributed by atoms with E-state index < -0.39 is 0 Å². The number of amides is 1. The topological polar surface area (TPSA) is 45.2 Å². The molecule has 1 aromatic heterocycles. The first-order chi connectivity index (χ1) is 7.10. The van der Waals surface area contributed by atoms with Gasteiger partial charge in [-0.1, -0.05) is 24.7 Å². The van der Waals surface area contributed by atoms with Gasteiger partial charge in [-0.2, -0.15) is 0 Å². The van der Waals surface area contributed by atoms with Crippen LogP contribution >= 0.6 is 34.2 Å². The van der Waals surface area contributed by atoms with Crippen molar-refractivity contribution >= 4 is 45.2 Å². The fourth-order valence-electron chi connectivity index (χ4n) is 1.17. The molecule has 0 aromatic carbocycles. The van der Waals surface area contributed by atoms with Crippen molar-refractivity contribution in [1.29, 1.82) is 0 Å². The molecule has 1 amide bonds. The van der Waals surface area contributed by atoms with Crippen LogP contribution in [0.3, 0.4) is 0 Å². The lowest BCUT2D eigenvalue weighted by Crippen LogP contribution is -2.21. The number of nitrogens with one attached hydrogen (secondary N) is 1. The molecule has 1 heterocycles. The Balaban J connectivity index is 3.03. The fraction of sp³-hybridized carbons (Fsp3) is 0.556. The Hall–Kier alpha value is -0.370. The highest BCUT2D eigenvalue weighted by atomic mass is 127. The average molecular weight is 339 g/mol. The van der Waals surface area contributed by atoms with Crippen LogP contribution in [0.15, 0.2) is 0 Å². The molecule has 1 rings (SSSR count). The Kier molecular flexibility index (Phi) is 4.78. The number of rotatable bonds is 4. The molecule has 4 nitrogen and oxygen atoms in total. The van der Waals surface area contributed by atoms with E-state index in [4.69, 9.17) is 0 Å². The van der Waals surface area contributed by atoms with Crippen LogP contribution in [0.2, 0.25) is 0 Å². The number of anilines is 1. The molecular formula is C9H14IN3OS. The molecule has 84 valence electrons. The van der Waals surface area contributed by atoms with Gasteiger partial charge < -0.3 is 8.43 Å². The van der Waals surface area contributed by atoms with Gasteiger partial charge in [-0.15, -0.1) is 0 Å². The van der Waals surface area contributed by atoms with Crippen LogP contribution in [0.5, 0.6) is 0 Å². The number of nitrogens with zero attached hydrogens (tertiary/aromatic N) is 2. The minimum Gasteiger partial charge on any atom is -0.344 e. The molecule has 15 heavy (non-hydrogen) atoms. The maximum atomic E-state index is 11.8. The summed E-state index contributed by atoms with van der Waals surface area (Å²) < 4.78 is 2.95. The van der Waals surface area contributed by atoms with E-state index >= 15 is 0 Å². The Morgan fingerprint density at radius 2 is 2.27 bits per heavy atom. The van der Waals surface area contributed by atoms with Crippen molar-refractivity contribution < 1.29 is 4.79 Å². The zero-order chi connectivity index (χ0) is 11.4. The van der Waals surface area contributed by atoms with Crippen LogP contribution in [-0.2, 0) is 6.42 Å². The van der Waals surface area contributed by atoms with Gasteiger partial charge in [-0.05, 0) is 6.42 Å². The summed E-state index contributed by atoms with van der Waals surface area (Å²) in [6.45, 7) is 2.08. The summed E-state index contributed by atoms with van der Waals surface area (Å²) in [7, 11) is 3.52. The normalized spacial score (nSPS) is 10.1. The van der Waals surface area contributed by atoms with Gasteiger partial charge in [-0.25, -0.2) is 4.98 Å². The largest absolute Gasteiger partial charge is 0.344 e. The molecule has 1 N–H and O–H groups in total. The minimum atomic E-state index is 0.0360. The third-order valence-electron chi connectivity index (χ3n) is 1.87. The van der Waals surface area contributed by atoms with Crippen molar-refractivity contribution in [3.63, 3.8) is 0 Å². The Bertz CT molecular complexity index is 351. The first-order valence-corrected chi connectivity index (χ1v) is 6.57. The lowest BCUT2D eigenvalue weighted by molar-refractivity contribution is 0.0831. The zero-order valence-electron chi connectivity index (χ0n) is 9.00. The number of hydrogen-bond donors (Lipinski definition) is 1. The van der Waals surface area contributed by atoms with E-state index in [2.05, 4.69) is 15.4 Å². The Labute approximate surface area is 108 Å². The number of halogens is 1. The molecular weight excluding hydrogens is 325 g/mol. The zero-order valence-corrected chi connectivity index (χ0v) is 12.0. The van der Waals surface area contributed by atoms with Gasteiger partial charge in [0.1, 0.15) is 4.88 Å². The number of thiazole rings is 1. The van der Waals surface area contributed by atoms with Crippen LogP contribution in [-0.4, -0.2) is 29.9 Å². The van der Waals surface area contributed by atoms with E-state index in [-0.39, 0.29) is 5.91 Å². The van der Waals surface area contributed by atoms with E-state index in [9.17, 15) is 4.79 Å². The van der Waals surface area contributed by atoms with Crippen LogP contribution in [0.4, 0.5) is 5.13 Å². The lowest BCUT2D eigenvalue weighted by Gasteiger charge is -2.08. The van der Waals surface area contributed by atoms with Gasteiger partial charge in [0.05, 0.1) is 28.6 Å². The Morgan fingerprint density at radius 1 is 1.60 bits per heavy atom. The molecule has 0 aliphatic rings. The highest BCUT2D eigenvalue weighted by Crippen LogP contribution is 2.25. The predicted molar refractivity (Wildman–Crippen MR) is 71.8 cm³/mol. The third-order valence-corrected chi connectivity index (χ3v) is 3.74. The van der Waals surface area contributed by atoms with Crippen LogP contribution < -0.4 is 3.53 Å².